The molecule has 28 heavy (non-hydrogen) atoms. The number of hydrogen-bond donors (Lipinski definition) is 2. The Balaban J connectivity index is 1.53. The second-order valence-electron chi connectivity index (χ2n) is 6.93. The van der Waals surface area contributed by atoms with E-state index in [0.717, 1.165) is 35.4 Å². The molecule has 0 aliphatic carbocycles. The normalized spacial score (nSPS) is 16.3. The number of oxime groups is 1. The number of amidine groups is 1. The molecule has 2 heterocycles. The molecule has 1 aliphatic heterocycles. The van der Waals surface area contributed by atoms with Crippen LogP contribution in [0, 0.1) is 13.8 Å². The molecule has 0 unspecified atom stereocenters. The second kappa shape index (κ2) is 8.53. The van der Waals surface area contributed by atoms with E-state index in [1.54, 1.807) is 0 Å². The molecule has 1 aromatic carbocycles. The lowest BCUT2D eigenvalue weighted by atomic mass is 10.1. The van der Waals surface area contributed by atoms with E-state index in [0.29, 0.717) is 31.1 Å². The number of aromatic nitrogens is 2. The minimum atomic E-state index is -0.792. The van der Waals surface area contributed by atoms with Gasteiger partial charge in [0.2, 0.25) is 5.79 Å². The summed E-state index contributed by atoms with van der Waals surface area (Å²) in [5, 5.41) is 20.4. The first kappa shape index (κ1) is 20.0. The molecule has 1 aromatic heterocycles. The van der Waals surface area contributed by atoms with Crippen LogP contribution in [0.15, 0.2) is 29.4 Å². The van der Waals surface area contributed by atoms with Gasteiger partial charge in [0, 0.05) is 5.56 Å². The summed E-state index contributed by atoms with van der Waals surface area (Å²) in [6, 6.07) is 7.53. The lowest BCUT2D eigenvalue weighted by Crippen LogP contribution is -2.24. The Morgan fingerprint density at radius 2 is 1.89 bits per heavy atom. The highest BCUT2D eigenvalue weighted by atomic mass is 16.7. The van der Waals surface area contributed by atoms with Crippen LogP contribution < -0.4 is 10.5 Å². The Hall–Kier alpha value is -2.71. The van der Waals surface area contributed by atoms with Crippen LogP contribution in [-0.4, -0.2) is 41.1 Å². The van der Waals surface area contributed by atoms with Gasteiger partial charge in [-0.05, 0) is 69.0 Å². The van der Waals surface area contributed by atoms with Gasteiger partial charge in [-0.15, -0.1) is 5.10 Å². The maximum absolute atomic E-state index is 8.82. The Kier molecular flexibility index (Phi) is 6.11. The molecule has 2 aromatic rings. The van der Waals surface area contributed by atoms with E-state index in [1.165, 1.54) is 0 Å². The first-order chi connectivity index (χ1) is 13.4. The molecular formula is C20H26N4O4. The highest BCUT2D eigenvalue weighted by Gasteiger charge is 2.34. The minimum Gasteiger partial charge on any atom is -0.493 e. The fraction of sp³-hybridized carbons (Fsp3) is 0.450. The summed E-state index contributed by atoms with van der Waals surface area (Å²) in [4.78, 5) is 0. The quantitative estimate of drug-likeness (QED) is 0.247. The summed E-state index contributed by atoms with van der Waals surface area (Å²) in [5.74, 6) is 0.112. The summed E-state index contributed by atoms with van der Waals surface area (Å²) in [6.07, 6.45) is 1.56. The molecule has 8 nitrogen and oxygen atoms in total. The topological polar surface area (TPSA) is 112 Å². The van der Waals surface area contributed by atoms with E-state index in [4.69, 9.17) is 25.2 Å². The van der Waals surface area contributed by atoms with Gasteiger partial charge in [0.25, 0.3) is 0 Å². The molecular weight excluding hydrogens is 360 g/mol. The van der Waals surface area contributed by atoms with Crippen molar-refractivity contribution in [1.29, 1.82) is 0 Å². The van der Waals surface area contributed by atoms with Gasteiger partial charge in [0.1, 0.15) is 11.4 Å². The molecule has 8 heteroatoms. The fourth-order valence-corrected chi connectivity index (χ4v) is 3.21. The third kappa shape index (κ3) is 4.40. The van der Waals surface area contributed by atoms with Crippen molar-refractivity contribution in [2.45, 2.75) is 39.4 Å². The van der Waals surface area contributed by atoms with Crippen molar-refractivity contribution in [1.82, 2.24) is 10.2 Å². The summed E-state index contributed by atoms with van der Waals surface area (Å²) >= 11 is 0. The maximum atomic E-state index is 8.82. The monoisotopic (exact) mass is 386 g/mol. The predicted octanol–water partition coefficient (Wildman–Crippen LogP) is 2.42. The number of benzene rings is 1. The Labute approximate surface area is 164 Å². The van der Waals surface area contributed by atoms with Crippen molar-refractivity contribution < 1.29 is 19.4 Å². The van der Waals surface area contributed by atoms with Crippen molar-refractivity contribution in [3.8, 4) is 5.75 Å². The highest BCUT2D eigenvalue weighted by Crippen LogP contribution is 2.29. The molecule has 3 N–H and O–H groups in total. The molecule has 0 spiro atoms. The molecule has 1 aliphatic rings. The summed E-state index contributed by atoms with van der Waals surface area (Å²) in [7, 11) is 0. The van der Waals surface area contributed by atoms with Crippen LogP contribution in [0.25, 0.3) is 0 Å². The summed E-state index contributed by atoms with van der Waals surface area (Å²) in [5.41, 5.74) is 9.78. The van der Waals surface area contributed by atoms with Crippen molar-refractivity contribution >= 4 is 5.84 Å². The molecule has 1 saturated heterocycles. The lowest BCUT2D eigenvalue weighted by Gasteiger charge is -2.20. The average Bonchev–Trinajstić information content (AvgIpc) is 3.14. The van der Waals surface area contributed by atoms with Crippen molar-refractivity contribution in [2.75, 3.05) is 19.8 Å². The van der Waals surface area contributed by atoms with Crippen LogP contribution in [0.1, 0.15) is 41.4 Å². The maximum Gasteiger partial charge on any atom is 0.211 e. The largest absolute Gasteiger partial charge is 0.493 e. The van der Waals surface area contributed by atoms with Crippen LogP contribution in [0.2, 0.25) is 0 Å². The second-order valence-corrected chi connectivity index (χ2v) is 6.93. The van der Waals surface area contributed by atoms with Crippen LogP contribution in [0.5, 0.6) is 5.75 Å². The molecule has 0 saturated carbocycles. The zero-order valence-corrected chi connectivity index (χ0v) is 16.4. The SMILES string of the molecule is Cc1cc(C(N)=NO)cc(C)c1OCCCc1ccc(C2(C)OCCO2)nn1. The predicted molar refractivity (Wildman–Crippen MR) is 104 cm³/mol. The van der Waals surface area contributed by atoms with Crippen molar-refractivity contribution in [2.24, 2.45) is 10.9 Å². The number of aryl methyl sites for hydroxylation is 3. The van der Waals surface area contributed by atoms with Gasteiger partial charge in [-0.25, -0.2) is 0 Å². The van der Waals surface area contributed by atoms with E-state index in [1.807, 2.05) is 45.0 Å². The van der Waals surface area contributed by atoms with Crippen molar-refractivity contribution in [3.63, 3.8) is 0 Å². The van der Waals surface area contributed by atoms with Crippen LogP contribution in [-0.2, 0) is 21.7 Å². The molecule has 0 bridgehead atoms. The molecule has 0 atom stereocenters. The smallest absolute Gasteiger partial charge is 0.211 e. The van der Waals surface area contributed by atoms with Crippen molar-refractivity contribution in [3.05, 3.63) is 52.3 Å². The molecule has 150 valence electrons. The molecule has 0 amide bonds. The lowest BCUT2D eigenvalue weighted by molar-refractivity contribution is -0.153. The fourth-order valence-electron chi connectivity index (χ4n) is 3.21. The van der Waals surface area contributed by atoms with E-state index in [2.05, 4.69) is 15.4 Å². The van der Waals surface area contributed by atoms with Crippen LogP contribution >= 0.6 is 0 Å². The Morgan fingerprint density at radius 1 is 1.21 bits per heavy atom. The van der Waals surface area contributed by atoms with E-state index in [9.17, 15) is 0 Å². The van der Waals surface area contributed by atoms with E-state index >= 15 is 0 Å². The number of hydrogen-bond acceptors (Lipinski definition) is 7. The van der Waals surface area contributed by atoms with E-state index in [-0.39, 0.29) is 5.84 Å². The number of rotatable bonds is 7. The standard InChI is InChI=1S/C20H26N4O4/c1-13-11-15(19(21)24-25)12-14(2)18(13)26-8-4-5-16-6-7-17(23-22-16)20(3)27-9-10-28-20/h6-7,11-12,25H,4-5,8-10H2,1-3H3,(H2,21,24). The Morgan fingerprint density at radius 3 is 2.46 bits per heavy atom. The van der Waals surface area contributed by atoms with Gasteiger partial charge >= 0.3 is 0 Å². The minimum absolute atomic E-state index is 0.0852. The van der Waals surface area contributed by atoms with Gasteiger partial charge < -0.3 is 25.2 Å². The van der Waals surface area contributed by atoms with E-state index < -0.39 is 5.79 Å². The average molecular weight is 386 g/mol. The molecule has 3 rings (SSSR count). The molecule has 1 fully saturated rings. The van der Waals surface area contributed by atoms with Gasteiger partial charge in [-0.1, -0.05) is 5.16 Å². The summed E-state index contributed by atoms with van der Waals surface area (Å²) in [6.45, 7) is 7.42. The zero-order chi connectivity index (χ0) is 20.1. The summed E-state index contributed by atoms with van der Waals surface area (Å²) < 4.78 is 17.1. The number of nitrogens with zero attached hydrogens (tertiary/aromatic N) is 3. The van der Waals surface area contributed by atoms with Gasteiger partial charge in [-0.3, -0.25) is 0 Å². The van der Waals surface area contributed by atoms with Gasteiger partial charge in [-0.2, -0.15) is 5.10 Å². The zero-order valence-electron chi connectivity index (χ0n) is 16.4. The third-order valence-electron chi connectivity index (χ3n) is 4.71. The first-order valence-electron chi connectivity index (χ1n) is 9.26. The third-order valence-corrected chi connectivity index (χ3v) is 4.71. The van der Waals surface area contributed by atoms with Gasteiger partial charge in [0.05, 0.1) is 25.5 Å². The first-order valence-corrected chi connectivity index (χ1v) is 9.26. The van der Waals surface area contributed by atoms with Gasteiger partial charge in [0.15, 0.2) is 5.84 Å². The number of ether oxygens (including phenoxy) is 3. The number of nitrogens with two attached hydrogens (primary N) is 1. The van der Waals surface area contributed by atoms with Crippen LogP contribution in [0.3, 0.4) is 0 Å². The molecule has 0 radical (unpaired) electrons. The Bertz CT molecular complexity index is 823. The van der Waals surface area contributed by atoms with Crippen LogP contribution in [0.4, 0.5) is 0 Å². The highest BCUT2D eigenvalue weighted by molar-refractivity contribution is 5.97.